The number of ether oxygens (including phenoxy) is 2. The van der Waals surface area contributed by atoms with Crippen LogP contribution in [0.15, 0.2) is 12.2 Å². The number of esters is 1. The van der Waals surface area contributed by atoms with E-state index >= 15 is 0 Å². The van der Waals surface area contributed by atoms with Crippen molar-refractivity contribution in [1.29, 1.82) is 0 Å². The van der Waals surface area contributed by atoms with E-state index in [1.165, 1.54) is 6.08 Å². The third kappa shape index (κ3) is 8.11. The number of methoxy groups -OCH3 is 1. The van der Waals surface area contributed by atoms with Crippen molar-refractivity contribution in [2.24, 2.45) is 0 Å². The predicted molar refractivity (Wildman–Crippen MR) is 56.5 cm³/mol. The molecule has 1 atom stereocenters. The Hall–Kier alpha value is -0.910. The third-order valence-electron chi connectivity index (χ3n) is 1.65. The molecule has 0 bridgehead atoms. The number of aliphatic hydroxyl groups excluding tert-OH is 1. The molecule has 1 unspecified atom stereocenters. The van der Waals surface area contributed by atoms with Crippen LogP contribution in [0.1, 0.15) is 6.92 Å². The van der Waals surface area contributed by atoms with Crippen molar-refractivity contribution in [3.05, 3.63) is 12.2 Å². The van der Waals surface area contributed by atoms with Crippen molar-refractivity contribution in [3.8, 4) is 0 Å². The topological polar surface area (TPSA) is 67.8 Å². The third-order valence-corrected chi connectivity index (χ3v) is 1.65. The van der Waals surface area contributed by atoms with Crippen molar-refractivity contribution < 1.29 is 19.4 Å². The number of aliphatic hydroxyl groups is 1. The van der Waals surface area contributed by atoms with E-state index in [0.29, 0.717) is 19.8 Å². The number of hydrogen-bond acceptors (Lipinski definition) is 5. The Morgan fingerprint density at radius 1 is 1.60 bits per heavy atom. The Labute approximate surface area is 90.1 Å². The zero-order chi connectivity index (χ0) is 11.5. The molecule has 0 saturated heterocycles. The van der Waals surface area contributed by atoms with Crippen LogP contribution in [0.3, 0.4) is 0 Å². The minimum Gasteiger partial charge on any atom is -0.463 e. The van der Waals surface area contributed by atoms with Gasteiger partial charge in [0.25, 0.3) is 0 Å². The second-order valence-corrected chi connectivity index (χ2v) is 2.90. The molecule has 88 valence electrons. The van der Waals surface area contributed by atoms with Gasteiger partial charge in [-0.25, -0.2) is 4.79 Å². The maximum atomic E-state index is 10.9. The SMILES string of the molecule is CCOC(=O)/C=C/CNC(CO)COC. The van der Waals surface area contributed by atoms with Gasteiger partial charge in [0.1, 0.15) is 0 Å². The number of carbonyl (C=O) groups excluding carboxylic acids is 1. The number of nitrogens with one attached hydrogen (secondary N) is 1. The molecular weight excluding hydrogens is 198 g/mol. The smallest absolute Gasteiger partial charge is 0.330 e. The molecule has 5 nitrogen and oxygen atoms in total. The molecule has 0 amide bonds. The summed E-state index contributed by atoms with van der Waals surface area (Å²) >= 11 is 0. The molecule has 0 aliphatic heterocycles. The number of carbonyl (C=O) groups is 1. The fraction of sp³-hybridized carbons (Fsp3) is 0.700. The maximum absolute atomic E-state index is 10.9. The summed E-state index contributed by atoms with van der Waals surface area (Å²) in [5.41, 5.74) is 0. The Kier molecular flexibility index (Phi) is 9.05. The van der Waals surface area contributed by atoms with Crippen LogP contribution >= 0.6 is 0 Å². The van der Waals surface area contributed by atoms with Gasteiger partial charge in [0, 0.05) is 19.7 Å². The average molecular weight is 217 g/mol. The van der Waals surface area contributed by atoms with E-state index in [1.54, 1.807) is 20.1 Å². The standard InChI is InChI=1S/C10H19NO4/c1-3-15-10(13)5-4-6-11-9(7-12)8-14-2/h4-5,9,11-12H,3,6-8H2,1-2H3/b5-4+. The number of rotatable bonds is 8. The van der Waals surface area contributed by atoms with Crippen molar-refractivity contribution in [2.45, 2.75) is 13.0 Å². The van der Waals surface area contributed by atoms with Gasteiger partial charge in [-0.05, 0) is 6.92 Å². The summed E-state index contributed by atoms with van der Waals surface area (Å²) in [6.07, 6.45) is 3.01. The van der Waals surface area contributed by atoms with Gasteiger partial charge in [0.05, 0.1) is 25.9 Å². The second kappa shape index (κ2) is 9.64. The minimum atomic E-state index is -0.355. The lowest BCUT2D eigenvalue weighted by Gasteiger charge is -2.13. The van der Waals surface area contributed by atoms with Crippen LogP contribution in [0.4, 0.5) is 0 Å². The van der Waals surface area contributed by atoms with Crippen LogP contribution in [0, 0.1) is 0 Å². The molecule has 0 aliphatic rings. The van der Waals surface area contributed by atoms with E-state index in [4.69, 9.17) is 14.6 Å². The highest BCUT2D eigenvalue weighted by Gasteiger charge is 2.03. The largest absolute Gasteiger partial charge is 0.463 e. The van der Waals surface area contributed by atoms with Crippen LogP contribution in [0.25, 0.3) is 0 Å². The van der Waals surface area contributed by atoms with Gasteiger partial charge in [0.15, 0.2) is 0 Å². The molecule has 0 aromatic carbocycles. The van der Waals surface area contributed by atoms with E-state index in [0.717, 1.165) is 0 Å². The van der Waals surface area contributed by atoms with Crippen LogP contribution in [-0.4, -0.2) is 50.6 Å². The van der Waals surface area contributed by atoms with Gasteiger partial charge in [-0.3, -0.25) is 0 Å². The second-order valence-electron chi connectivity index (χ2n) is 2.90. The summed E-state index contributed by atoms with van der Waals surface area (Å²) in [4.78, 5) is 10.9. The normalized spacial score (nSPS) is 13.0. The van der Waals surface area contributed by atoms with Gasteiger partial charge in [-0.15, -0.1) is 0 Å². The Morgan fingerprint density at radius 2 is 2.33 bits per heavy atom. The van der Waals surface area contributed by atoms with Crippen LogP contribution in [0.2, 0.25) is 0 Å². The van der Waals surface area contributed by atoms with Crippen molar-refractivity contribution in [2.75, 3.05) is 33.5 Å². The Morgan fingerprint density at radius 3 is 2.87 bits per heavy atom. The Bertz CT molecular complexity index is 194. The maximum Gasteiger partial charge on any atom is 0.330 e. The highest BCUT2D eigenvalue weighted by atomic mass is 16.5. The first kappa shape index (κ1) is 14.1. The summed E-state index contributed by atoms with van der Waals surface area (Å²) in [6, 6.07) is -0.109. The van der Waals surface area contributed by atoms with E-state index in [2.05, 4.69) is 5.32 Å². The summed E-state index contributed by atoms with van der Waals surface area (Å²) in [7, 11) is 1.57. The Balaban J connectivity index is 3.62. The lowest BCUT2D eigenvalue weighted by atomic mass is 10.3. The molecule has 0 rings (SSSR count). The molecule has 2 N–H and O–H groups in total. The molecule has 0 saturated carbocycles. The molecule has 0 radical (unpaired) electrons. The van der Waals surface area contributed by atoms with Crippen LogP contribution in [0.5, 0.6) is 0 Å². The molecule has 0 spiro atoms. The van der Waals surface area contributed by atoms with Gasteiger partial charge < -0.3 is 19.9 Å². The fourth-order valence-electron chi connectivity index (χ4n) is 0.958. The first-order valence-electron chi connectivity index (χ1n) is 4.91. The summed E-state index contributed by atoms with van der Waals surface area (Å²) < 4.78 is 9.57. The summed E-state index contributed by atoms with van der Waals surface area (Å²) in [5, 5.41) is 11.9. The van der Waals surface area contributed by atoms with E-state index in [9.17, 15) is 4.79 Å². The van der Waals surface area contributed by atoms with Gasteiger partial charge in [0.2, 0.25) is 0 Å². The monoisotopic (exact) mass is 217 g/mol. The van der Waals surface area contributed by atoms with E-state index in [1.807, 2.05) is 0 Å². The van der Waals surface area contributed by atoms with Crippen molar-refractivity contribution in [3.63, 3.8) is 0 Å². The first-order chi connectivity index (χ1) is 7.24. The molecule has 5 heteroatoms. The van der Waals surface area contributed by atoms with E-state index < -0.39 is 0 Å². The van der Waals surface area contributed by atoms with Crippen LogP contribution in [-0.2, 0) is 14.3 Å². The summed E-state index contributed by atoms with van der Waals surface area (Å²) in [5.74, 6) is -0.355. The molecule has 0 aromatic heterocycles. The molecule has 0 heterocycles. The van der Waals surface area contributed by atoms with Crippen LogP contribution < -0.4 is 5.32 Å². The molecular formula is C10H19NO4. The zero-order valence-corrected chi connectivity index (χ0v) is 9.23. The lowest BCUT2D eigenvalue weighted by Crippen LogP contribution is -2.36. The quantitative estimate of drug-likeness (QED) is 0.432. The predicted octanol–water partition coefficient (Wildman–Crippen LogP) is -0.297. The lowest BCUT2D eigenvalue weighted by molar-refractivity contribution is -0.137. The van der Waals surface area contributed by atoms with Gasteiger partial charge in [-0.1, -0.05) is 6.08 Å². The van der Waals surface area contributed by atoms with Gasteiger partial charge in [-0.2, -0.15) is 0 Å². The zero-order valence-electron chi connectivity index (χ0n) is 9.23. The molecule has 15 heavy (non-hydrogen) atoms. The minimum absolute atomic E-state index is 0.00108. The van der Waals surface area contributed by atoms with E-state index in [-0.39, 0.29) is 18.6 Å². The highest BCUT2D eigenvalue weighted by Crippen LogP contribution is 1.84. The average Bonchev–Trinajstić information content (AvgIpc) is 2.23. The molecule has 0 aromatic rings. The molecule has 0 fully saturated rings. The van der Waals surface area contributed by atoms with Crippen molar-refractivity contribution >= 4 is 5.97 Å². The molecule has 0 aliphatic carbocycles. The highest BCUT2D eigenvalue weighted by molar-refractivity contribution is 5.81. The number of hydrogen-bond donors (Lipinski definition) is 2. The van der Waals surface area contributed by atoms with Gasteiger partial charge >= 0.3 is 5.97 Å². The van der Waals surface area contributed by atoms with Crippen molar-refractivity contribution in [1.82, 2.24) is 5.32 Å². The first-order valence-corrected chi connectivity index (χ1v) is 4.91. The summed E-state index contributed by atoms with van der Waals surface area (Å²) in [6.45, 7) is 3.06. The fourth-order valence-corrected chi connectivity index (χ4v) is 0.958.